The Labute approximate surface area is 120 Å². The molecule has 0 saturated carbocycles. The molecule has 0 unspecified atom stereocenters. The van der Waals surface area contributed by atoms with Gasteiger partial charge in [0.2, 0.25) is 0 Å². The summed E-state index contributed by atoms with van der Waals surface area (Å²) in [6.07, 6.45) is 0. The Morgan fingerprint density at radius 2 is 2.00 bits per heavy atom. The predicted molar refractivity (Wildman–Crippen MR) is 76.7 cm³/mol. The summed E-state index contributed by atoms with van der Waals surface area (Å²) in [6.45, 7) is 1.85. The molecular formula is C12H14Cl2N4O. The molecule has 2 amide bonds. The molecule has 0 aliphatic rings. The van der Waals surface area contributed by atoms with Crippen LogP contribution < -0.4 is 5.32 Å². The first kappa shape index (κ1) is 14.0. The number of amides is 2. The van der Waals surface area contributed by atoms with Crippen LogP contribution in [0.25, 0.3) is 11.0 Å². The minimum Gasteiger partial charge on any atom is -0.340 e. The number of urea groups is 1. The van der Waals surface area contributed by atoms with Crippen LogP contribution in [0.2, 0.25) is 10.0 Å². The van der Waals surface area contributed by atoms with Crippen LogP contribution in [0.1, 0.15) is 18.8 Å². The number of rotatable bonds is 2. The van der Waals surface area contributed by atoms with Gasteiger partial charge < -0.3 is 15.2 Å². The highest BCUT2D eigenvalue weighted by molar-refractivity contribution is 6.42. The minimum atomic E-state index is -0.236. The number of H-pyrrole nitrogens is 1. The number of aromatic amines is 1. The van der Waals surface area contributed by atoms with Crippen LogP contribution in [0.3, 0.4) is 0 Å². The van der Waals surface area contributed by atoms with Gasteiger partial charge in [0, 0.05) is 14.1 Å². The Morgan fingerprint density at radius 3 is 2.63 bits per heavy atom. The summed E-state index contributed by atoms with van der Waals surface area (Å²) in [5.74, 6) is 0.656. The Bertz CT molecular complexity index is 584. The molecule has 0 bridgehead atoms. The van der Waals surface area contributed by atoms with Gasteiger partial charge in [-0.25, -0.2) is 9.78 Å². The zero-order valence-corrected chi connectivity index (χ0v) is 12.3. The average molecular weight is 301 g/mol. The van der Waals surface area contributed by atoms with E-state index in [2.05, 4.69) is 15.3 Å². The lowest BCUT2D eigenvalue weighted by atomic mass is 10.3. The smallest absolute Gasteiger partial charge is 0.317 e. The Hall–Kier alpha value is -1.46. The van der Waals surface area contributed by atoms with E-state index in [0.717, 1.165) is 11.0 Å². The van der Waals surface area contributed by atoms with Crippen LogP contribution in [0.4, 0.5) is 4.79 Å². The molecule has 0 aliphatic heterocycles. The lowest BCUT2D eigenvalue weighted by molar-refractivity contribution is 0.213. The van der Waals surface area contributed by atoms with Gasteiger partial charge in [0.25, 0.3) is 0 Å². The maximum absolute atomic E-state index is 11.6. The van der Waals surface area contributed by atoms with Crippen molar-refractivity contribution < 1.29 is 4.79 Å². The number of carbonyl (C=O) groups excluding carboxylic acids is 1. The summed E-state index contributed by atoms with van der Waals surface area (Å²) in [4.78, 5) is 20.6. The van der Waals surface area contributed by atoms with E-state index >= 15 is 0 Å². The third-order valence-electron chi connectivity index (χ3n) is 2.70. The lowest BCUT2D eigenvalue weighted by Gasteiger charge is -2.15. The van der Waals surface area contributed by atoms with Crippen molar-refractivity contribution in [1.29, 1.82) is 0 Å². The maximum Gasteiger partial charge on any atom is 0.317 e. The molecular weight excluding hydrogens is 287 g/mol. The fraction of sp³-hybridized carbons (Fsp3) is 0.333. The highest BCUT2D eigenvalue weighted by Crippen LogP contribution is 2.27. The number of imidazole rings is 1. The normalized spacial score (nSPS) is 12.5. The van der Waals surface area contributed by atoms with E-state index in [1.54, 1.807) is 26.2 Å². The summed E-state index contributed by atoms with van der Waals surface area (Å²) in [5.41, 5.74) is 1.51. The highest BCUT2D eigenvalue weighted by atomic mass is 35.5. The standard InChI is InChI=1S/C12H14Cl2N4O/c1-6(15-12(19)18(2)3)11-16-9-4-7(13)8(14)5-10(9)17-11/h4-6H,1-3H3,(H,15,19)(H,16,17)/t6-/m1/s1. The Kier molecular flexibility index (Phi) is 3.87. The molecule has 102 valence electrons. The number of carbonyl (C=O) groups is 1. The zero-order chi connectivity index (χ0) is 14.2. The molecule has 2 aromatic rings. The Morgan fingerprint density at radius 1 is 1.37 bits per heavy atom. The topological polar surface area (TPSA) is 61.0 Å². The number of fused-ring (bicyclic) bond motifs is 1. The fourth-order valence-electron chi connectivity index (χ4n) is 1.61. The molecule has 2 rings (SSSR count). The van der Waals surface area contributed by atoms with Crippen molar-refractivity contribution in [3.63, 3.8) is 0 Å². The molecule has 1 aromatic heterocycles. The van der Waals surface area contributed by atoms with Crippen molar-refractivity contribution in [3.05, 3.63) is 28.0 Å². The van der Waals surface area contributed by atoms with E-state index in [9.17, 15) is 4.79 Å². The second-order valence-corrected chi connectivity index (χ2v) is 5.29. The van der Waals surface area contributed by atoms with Crippen LogP contribution in [0, 0.1) is 0 Å². The van der Waals surface area contributed by atoms with Crippen LogP contribution in [-0.4, -0.2) is 35.0 Å². The van der Waals surface area contributed by atoms with Gasteiger partial charge >= 0.3 is 6.03 Å². The van der Waals surface area contributed by atoms with Gasteiger partial charge in [-0.05, 0) is 19.1 Å². The highest BCUT2D eigenvalue weighted by Gasteiger charge is 2.15. The second-order valence-electron chi connectivity index (χ2n) is 4.47. The van der Waals surface area contributed by atoms with Crippen molar-refractivity contribution in [1.82, 2.24) is 20.2 Å². The first-order valence-electron chi connectivity index (χ1n) is 5.71. The van der Waals surface area contributed by atoms with E-state index in [1.807, 2.05) is 6.92 Å². The molecule has 0 spiro atoms. The zero-order valence-electron chi connectivity index (χ0n) is 10.8. The molecule has 7 heteroatoms. The first-order valence-corrected chi connectivity index (χ1v) is 6.46. The van der Waals surface area contributed by atoms with Gasteiger partial charge in [-0.2, -0.15) is 0 Å². The minimum absolute atomic E-state index is 0.177. The van der Waals surface area contributed by atoms with E-state index in [1.165, 1.54) is 4.90 Å². The van der Waals surface area contributed by atoms with E-state index in [0.29, 0.717) is 15.9 Å². The van der Waals surface area contributed by atoms with Crippen LogP contribution in [-0.2, 0) is 0 Å². The molecule has 2 N–H and O–H groups in total. The molecule has 1 atom stereocenters. The summed E-state index contributed by atoms with van der Waals surface area (Å²) >= 11 is 11.9. The van der Waals surface area contributed by atoms with Gasteiger partial charge in [-0.3, -0.25) is 0 Å². The van der Waals surface area contributed by atoms with Gasteiger partial charge in [-0.1, -0.05) is 23.2 Å². The second kappa shape index (κ2) is 5.27. The molecule has 19 heavy (non-hydrogen) atoms. The van der Waals surface area contributed by atoms with Crippen LogP contribution in [0.5, 0.6) is 0 Å². The van der Waals surface area contributed by atoms with Crippen LogP contribution >= 0.6 is 23.2 Å². The molecule has 1 heterocycles. The average Bonchev–Trinajstić information content (AvgIpc) is 2.72. The summed E-state index contributed by atoms with van der Waals surface area (Å²) in [6, 6.07) is 3.00. The maximum atomic E-state index is 11.6. The number of hydrogen-bond acceptors (Lipinski definition) is 2. The number of aromatic nitrogens is 2. The number of nitrogens with zero attached hydrogens (tertiary/aromatic N) is 2. The molecule has 0 aliphatic carbocycles. The molecule has 0 fully saturated rings. The van der Waals surface area contributed by atoms with Crippen molar-refractivity contribution >= 4 is 40.3 Å². The van der Waals surface area contributed by atoms with Crippen molar-refractivity contribution in [2.24, 2.45) is 0 Å². The molecule has 0 saturated heterocycles. The third kappa shape index (κ3) is 2.93. The predicted octanol–water partition coefficient (Wildman–Crippen LogP) is 3.20. The molecule has 1 aromatic carbocycles. The van der Waals surface area contributed by atoms with E-state index < -0.39 is 0 Å². The number of halogens is 2. The van der Waals surface area contributed by atoms with Gasteiger partial charge in [0.05, 0.1) is 27.1 Å². The molecule has 5 nitrogen and oxygen atoms in total. The largest absolute Gasteiger partial charge is 0.340 e. The Balaban J connectivity index is 2.28. The van der Waals surface area contributed by atoms with Crippen molar-refractivity contribution in [3.8, 4) is 0 Å². The number of nitrogens with one attached hydrogen (secondary N) is 2. The third-order valence-corrected chi connectivity index (χ3v) is 3.42. The van der Waals surface area contributed by atoms with Crippen molar-refractivity contribution in [2.75, 3.05) is 14.1 Å². The van der Waals surface area contributed by atoms with E-state index in [-0.39, 0.29) is 12.1 Å². The van der Waals surface area contributed by atoms with Gasteiger partial charge in [0.1, 0.15) is 5.82 Å². The molecule has 0 radical (unpaired) electrons. The SMILES string of the molecule is C[C@@H](NC(=O)N(C)C)c1nc2cc(Cl)c(Cl)cc2[nH]1. The number of benzene rings is 1. The van der Waals surface area contributed by atoms with Crippen LogP contribution in [0.15, 0.2) is 12.1 Å². The fourth-order valence-corrected chi connectivity index (χ4v) is 1.93. The van der Waals surface area contributed by atoms with Gasteiger partial charge in [-0.15, -0.1) is 0 Å². The van der Waals surface area contributed by atoms with Crippen molar-refractivity contribution in [2.45, 2.75) is 13.0 Å². The van der Waals surface area contributed by atoms with Gasteiger partial charge in [0.15, 0.2) is 0 Å². The lowest BCUT2D eigenvalue weighted by Crippen LogP contribution is -2.36. The van der Waals surface area contributed by atoms with E-state index in [4.69, 9.17) is 23.2 Å². The monoisotopic (exact) mass is 300 g/mol. The summed E-state index contributed by atoms with van der Waals surface area (Å²) < 4.78 is 0. The summed E-state index contributed by atoms with van der Waals surface area (Å²) in [7, 11) is 3.36. The quantitative estimate of drug-likeness (QED) is 0.894. The first-order chi connectivity index (χ1) is 8.88. The number of hydrogen-bond donors (Lipinski definition) is 2. The summed E-state index contributed by atoms with van der Waals surface area (Å²) in [5, 5.41) is 3.74.